The predicted octanol–water partition coefficient (Wildman–Crippen LogP) is 3.71. The molecule has 10 heteroatoms. The Bertz CT molecular complexity index is 877. The molecule has 3 rings (SSSR count). The molecule has 1 amide bonds. The number of amides is 1. The van der Waals surface area contributed by atoms with E-state index in [4.69, 9.17) is 4.74 Å². The number of nitrogens with zero attached hydrogens (tertiary/aromatic N) is 3. The van der Waals surface area contributed by atoms with Crippen molar-refractivity contribution in [2.75, 3.05) is 31.6 Å². The third-order valence-electron chi connectivity index (χ3n) is 4.86. The summed E-state index contributed by atoms with van der Waals surface area (Å²) in [6, 6.07) is 3.41. The maximum absolute atomic E-state index is 13.2. The van der Waals surface area contributed by atoms with Crippen molar-refractivity contribution in [3.8, 4) is 0 Å². The van der Waals surface area contributed by atoms with Crippen LogP contribution in [0.4, 0.5) is 18.9 Å². The molecule has 0 atom stereocenters. The lowest BCUT2D eigenvalue weighted by Crippen LogP contribution is -2.41. The minimum absolute atomic E-state index is 0.295. The number of carbonyl (C=O) groups is 1. The molecule has 2 heterocycles. The number of alkyl halides is 3. The van der Waals surface area contributed by atoms with Crippen LogP contribution in [0, 0.1) is 3.57 Å². The number of ether oxygens (including phenoxy) is 1. The predicted molar refractivity (Wildman–Crippen MR) is 110 cm³/mol. The summed E-state index contributed by atoms with van der Waals surface area (Å²) in [4.78, 5) is 14.9. The number of nitrogens with one attached hydrogen (secondary N) is 1. The van der Waals surface area contributed by atoms with Crippen LogP contribution in [-0.4, -0.2) is 46.9 Å². The van der Waals surface area contributed by atoms with Gasteiger partial charge in [0.25, 0.3) is 5.91 Å². The van der Waals surface area contributed by atoms with Crippen molar-refractivity contribution >= 4 is 34.2 Å². The first kappa shape index (κ1) is 22.0. The minimum Gasteiger partial charge on any atom is -0.379 e. The number of hydrogen-bond acceptors (Lipinski definition) is 4. The highest BCUT2D eigenvalue weighted by molar-refractivity contribution is 14.1. The zero-order chi connectivity index (χ0) is 21.2. The standard InChI is InChI=1S/C19H22F3IN4O2/c1-18(2,27-12-15(23)10-24-27)17(28)25-16-4-3-14(19(20,21)22)9-13(16)11-26-5-7-29-8-6-26/h3-4,9-10,12H,5-8,11H2,1-2H3,(H,25,28). The Labute approximate surface area is 180 Å². The van der Waals surface area contributed by atoms with Gasteiger partial charge in [0.1, 0.15) is 5.54 Å². The van der Waals surface area contributed by atoms with Gasteiger partial charge in [0.2, 0.25) is 0 Å². The Kier molecular flexibility index (Phi) is 6.54. The lowest BCUT2D eigenvalue weighted by Gasteiger charge is -2.29. The molecule has 1 fully saturated rings. The Morgan fingerprint density at radius 3 is 2.55 bits per heavy atom. The van der Waals surface area contributed by atoms with Gasteiger partial charge in [0.05, 0.1) is 28.5 Å². The molecular formula is C19H22F3IN4O2. The Hall–Kier alpha value is -1.66. The van der Waals surface area contributed by atoms with E-state index in [-0.39, 0.29) is 5.91 Å². The van der Waals surface area contributed by atoms with Crippen LogP contribution < -0.4 is 5.32 Å². The highest BCUT2D eigenvalue weighted by Gasteiger charge is 2.33. The Balaban J connectivity index is 1.87. The number of morpholine rings is 1. The fourth-order valence-electron chi connectivity index (χ4n) is 3.01. The van der Waals surface area contributed by atoms with Crippen LogP contribution in [0.1, 0.15) is 25.0 Å². The Morgan fingerprint density at radius 1 is 1.28 bits per heavy atom. The molecule has 1 aliphatic heterocycles. The zero-order valence-corrected chi connectivity index (χ0v) is 18.2. The topological polar surface area (TPSA) is 59.4 Å². The Morgan fingerprint density at radius 2 is 1.97 bits per heavy atom. The van der Waals surface area contributed by atoms with Gasteiger partial charge in [0.15, 0.2) is 0 Å². The van der Waals surface area contributed by atoms with Crippen LogP contribution in [0.2, 0.25) is 0 Å². The fourth-order valence-corrected chi connectivity index (χ4v) is 3.40. The largest absolute Gasteiger partial charge is 0.416 e. The summed E-state index contributed by atoms with van der Waals surface area (Å²) in [5.41, 5.74) is -0.965. The second-order valence-corrected chi connectivity index (χ2v) is 8.62. The summed E-state index contributed by atoms with van der Waals surface area (Å²) < 4.78 is 47.4. The van der Waals surface area contributed by atoms with Gasteiger partial charge in [-0.2, -0.15) is 18.3 Å². The van der Waals surface area contributed by atoms with Crippen LogP contribution in [-0.2, 0) is 27.8 Å². The van der Waals surface area contributed by atoms with Crippen LogP contribution in [0.3, 0.4) is 0 Å². The van der Waals surface area contributed by atoms with E-state index in [1.54, 1.807) is 26.2 Å². The number of benzene rings is 1. The number of anilines is 1. The molecule has 0 saturated carbocycles. The fraction of sp³-hybridized carbons (Fsp3) is 0.474. The van der Waals surface area contributed by atoms with Crippen molar-refractivity contribution in [1.82, 2.24) is 14.7 Å². The van der Waals surface area contributed by atoms with Gasteiger partial charge in [-0.3, -0.25) is 14.4 Å². The smallest absolute Gasteiger partial charge is 0.379 e. The monoisotopic (exact) mass is 522 g/mol. The summed E-state index contributed by atoms with van der Waals surface area (Å²) >= 11 is 2.10. The van der Waals surface area contributed by atoms with E-state index in [9.17, 15) is 18.0 Å². The van der Waals surface area contributed by atoms with Crippen LogP contribution >= 0.6 is 22.6 Å². The molecule has 0 radical (unpaired) electrons. The van der Waals surface area contributed by atoms with Crippen molar-refractivity contribution in [2.45, 2.75) is 32.1 Å². The van der Waals surface area contributed by atoms with Crippen LogP contribution in [0.25, 0.3) is 0 Å². The molecule has 1 N–H and O–H groups in total. The normalized spacial score (nSPS) is 16.1. The van der Waals surface area contributed by atoms with Gasteiger partial charge in [-0.25, -0.2) is 0 Å². The maximum atomic E-state index is 13.2. The molecule has 1 aliphatic rings. The van der Waals surface area contributed by atoms with Gasteiger partial charge in [-0.15, -0.1) is 0 Å². The average molecular weight is 522 g/mol. The summed E-state index contributed by atoms with van der Waals surface area (Å²) in [6.45, 7) is 6.02. The van der Waals surface area contributed by atoms with Crippen LogP contribution in [0.5, 0.6) is 0 Å². The summed E-state index contributed by atoms with van der Waals surface area (Å²) in [6.07, 6.45) is -1.08. The van der Waals surface area contributed by atoms with Gasteiger partial charge < -0.3 is 10.1 Å². The summed E-state index contributed by atoms with van der Waals surface area (Å²) in [5, 5.41) is 6.99. The van der Waals surface area contributed by atoms with E-state index in [1.807, 2.05) is 4.90 Å². The van der Waals surface area contributed by atoms with Gasteiger partial charge in [-0.05, 0) is 60.2 Å². The number of hydrogen-bond donors (Lipinski definition) is 1. The molecule has 6 nitrogen and oxygen atoms in total. The minimum atomic E-state index is -4.45. The third kappa shape index (κ3) is 5.28. The van der Waals surface area contributed by atoms with E-state index in [0.29, 0.717) is 44.1 Å². The summed E-state index contributed by atoms with van der Waals surface area (Å²) in [7, 11) is 0. The first-order valence-electron chi connectivity index (χ1n) is 9.10. The van der Waals surface area contributed by atoms with Crippen molar-refractivity contribution in [3.05, 3.63) is 45.3 Å². The van der Waals surface area contributed by atoms with E-state index < -0.39 is 17.3 Å². The van der Waals surface area contributed by atoms with Gasteiger partial charge in [0, 0.05) is 31.5 Å². The average Bonchev–Trinajstić information content (AvgIpc) is 3.10. The SMILES string of the molecule is CC(C)(C(=O)Nc1ccc(C(F)(F)F)cc1CN1CCOCC1)n1cc(I)cn1. The van der Waals surface area contributed by atoms with Crippen molar-refractivity contribution in [1.29, 1.82) is 0 Å². The lowest BCUT2D eigenvalue weighted by molar-refractivity contribution is -0.137. The van der Waals surface area contributed by atoms with E-state index in [0.717, 1.165) is 15.7 Å². The number of aromatic nitrogens is 2. The van der Waals surface area contributed by atoms with Crippen molar-refractivity contribution in [2.24, 2.45) is 0 Å². The molecule has 29 heavy (non-hydrogen) atoms. The van der Waals surface area contributed by atoms with Crippen LogP contribution in [0.15, 0.2) is 30.6 Å². The molecule has 0 spiro atoms. The zero-order valence-electron chi connectivity index (χ0n) is 16.1. The molecule has 0 aliphatic carbocycles. The van der Waals surface area contributed by atoms with Crippen molar-refractivity contribution in [3.63, 3.8) is 0 Å². The quantitative estimate of drug-likeness (QED) is 0.609. The number of carbonyl (C=O) groups excluding carboxylic acids is 1. The molecular weight excluding hydrogens is 500 g/mol. The molecule has 1 saturated heterocycles. The van der Waals surface area contributed by atoms with E-state index >= 15 is 0 Å². The van der Waals surface area contributed by atoms with Gasteiger partial charge in [-0.1, -0.05) is 0 Å². The molecule has 0 unspecified atom stereocenters. The molecule has 1 aromatic carbocycles. The van der Waals surface area contributed by atoms with E-state index in [1.165, 1.54) is 10.7 Å². The lowest BCUT2D eigenvalue weighted by atomic mass is 10.0. The molecule has 158 valence electrons. The molecule has 1 aromatic heterocycles. The number of halogens is 4. The maximum Gasteiger partial charge on any atom is 0.416 e. The number of rotatable bonds is 5. The third-order valence-corrected chi connectivity index (χ3v) is 5.41. The first-order valence-corrected chi connectivity index (χ1v) is 10.2. The second kappa shape index (κ2) is 8.60. The highest BCUT2D eigenvalue weighted by Crippen LogP contribution is 2.33. The first-order chi connectivity index (χ1) is 13.6. The van der Waals surface area contributed by atoms with E-state index in [2.05, 4.69) is 33.0 Å². The highest BCUT2D eigenvalue weighted by atomic mass is 127. The molecule has 2 aromatic rings. The van der Waals surface area contributed by atoms with Crippen molar-refractivity contribution < 1.29 is 22.7 Å². The second-order valence-electron chi connectivity index (χ2n) is 7.37. The summed E-state index contributed by atoms with van der Waals surface area (Å²) in [5.74, 6) is -0.361. The molecule has 0 bridgehead atoms. The van der Waals surface area contributed by atoms with Gasteiger partial charge >= 0.3 is 6.18 Å².